The molecule has 0 aromatic carbocycles. The second kappa shape index (κ2) is 8.49. The van der Waals surface area contributed by atoms with Crippen molar-refractivity contribution >= 4 is 21.9 Å². The Balaban J connectivity index is 1.44. The molecule has 0 aliphatic rings. The third kappa shape index (κ3) is 3.60. The second-order valence-electron chi connectivity index (χ2n) is 8.13. The summed E-state index contributed by atoms with van der Waals surface area (Å²) in [6.07, 6.45) is 12.9. The monoisotopic (exact) mass is 446 g/mol. The van der Waals surface area contributed by atoms with Crippen LogP contribution in [0.25, 0.3) is 55.6 Å². The van der Waals surface area contributed by atoms with Gasteiger partial charge in [-0.15, -0.1) is 0 Å². The highest BCUT2D eigenvalue weighted by Gasteiger charge is 2.15. The smallest absolute Gasteiger partial charge is 0.155 e. The van der Waals surface area contributed by atoms with E-state index in [1.807, 2.05) is 49.3 Å². The Morgan fingerprint density at radius 3 is 2.62 bits per heavy atom. The van der Waals surface area contributed by atoms with Crippen LogP contribution in [0.2, 0.25) is 0 Å². The van der Waals surface area contributed by atoms with E-state index in [2.05, 4.69) is 65.6 Å². The molecular formula is C26H22N8. The van der Waals surface area contributed by atoms with Crippen molar-refractivity contribution in [1.29, 1.82) is 0 Å². The Labute approximate surface area is 195 Å². The first-order chi connectivity index (χ1) is 16.8. The number of rotatable bonds is 6. The van der Waals surface area contributed by atoms with Gasteiger partial charge < -0.3 is 10.3 Å². The molecule has 6 rings (SSSR count). The van der Waals surface area contributed by atoms with E-state index in [9.17, 15) is 0 Å². The van der Waals surface area contributed by atoms with Crippen LogP contribution in [0, 0.1) is 0 Å². The lowest BCUT2D eigenvalue weighted by Crippen LogP contribution is -2.11. The lowest BCUT2D eigenvalue weighted by Gasteiger charge is -2.06. The first-order valence-electron chi connectivity index (χ1n) is 11.2. The minimum atomic E-state index is 0.736. The van der Waals surface area contributed by atoms with Crippen LogP contribution in [0.5, 0.6) is 0 Å². The summed E-state index contributed by atoms with van der Waals surface area (Å²) in [5.74, 6) is 0. The molecule has 0 radical (unpaired) electrons. The van der Waals surface area contributed by atoms with Gasteiger partial charge in [0.25, 0.3) is 0 Å². The quantitative estimate of drug-likeness (QED) is 0.341. The van der Waals surface area contributed by atoms with Crippen molar-refractivity contribution in [3.63, 3.8) is 0 Å². The highest BCUT2D eigenvalue weighted by atomic mass is 15.2. The molecule has 0 amide bonds. The molecule has 6 heterocycles. The van der Waals surface area contributed by atoms with Gasteiger partial charge >= 0.3 is 0 Å². The number of aromatic amines is 2. The van der Waals surface area contributed by atoms with Gasteiger partial charge in [-0.05, 0) is 36.4 Å². The van der Waals surface area contributed by atoms with Gasteiger partial charge in [0.15, 0.2) is 5.65 Å². The molecule has 0 atom stereocenters. The molecule has 166 valence electrons. The molecule has 0 saturated heterocycles. The normalized spacial score (nSPS) is 11.4. The van der Waals surface area contributed by atoms with Crippen LogP contribution < -0.4 is 5.32 Å². The Kier molecular flexibility index (Phi) is 5.04. The molecule has 0 bridgehead atoms. The molecule has 0 unspecified atom stereocenters. The molecule has 8 heteroatoms. The zero-order valence-corrected chi connectivity index (χ0v) is 18.6. The average Bonchev–Trinajstić information content (AvgIpc) is 3.51. The summed E-state index contributed by atoms with van der Waals surface area (Å²) in [6.45, 7) is 3.79. The molecule has 34 heavy (non-hydrogen) atoms. The molecule has 0 aliphatic carbocycles. The standard InChI is InChI=1S/C26H22N8/c1-2-27-9-16-6-18(12-29-10-16)19-7-21-25(33-34-26(21)31-13-19)23-8-20-22(14-30-15-24(20)32-23)17-4-3-5-28-11-17/h3-8,10-15,27,32H,2,9H2,1H3,(H,31,33,34). The van der Waals surface area contributed by atoms with E-state index < -0.39 is 0 Å². The number of nitrogens with zero attached hydrogens (tertiary/aromatic N) is 5. The summed E-state index contributed by atoms with van der Waals surface area (Å²) in [4.78, 5) is 21.2. The Hall–Kier alpha value is -4.43. The SMILES string of the molecule is CCNCc1cncc(-c2cnc3[nH]nc(-c4cc5c(-c6cccnc6)cncc5[nH]4)c3c2)c1. The van der Waals surface area contributed by atoms with Crippen molar-refractivity contribution in [1.82, 2.24) is 40.4 Å². The molecular weight excluding hydrogens is 424 g/mol. The summed E-state index contributed by atoms with van der Waals surface area (Å²) in [5, 5.41) is 13.0. The number of fused-ring (bicyclic) bond motifs is 2. The minimum Gasteiger partial charge on any atom is -0.352 e. The maximum atomic E-state index is 4.62. The topological polar surface area (TPSA) is 108 Å². The lowest BCUT2D eigenvalue weighted by atomic mass is 10.0. The summed E-state index contributed by atoms with van der Waals surface area (Å²) in [5.41, 5.74) is 8.59. The third-order valence-corrected chi connectivity index (χ3v) is 5.90. The Morgan fingerprint density at radius 2 is 1.74 bits per heavy atom. The largest absolute Gasteiger partial charge is 0.352 e. The van der Waals surface area contributed by atoms with Crippen molar-refractivity contribution in [2.75, 3.05) is 6.54 Å². The number of hydrogen-bond acceptors (Lipinski definition) is 6. The van der Waals surface area contributed by atoms with Gasteiger partial charge in [-0.2, -0.15) is 5.10 Å². The third-order valence-electron chi connectivity index (χ3n) is 5.90. The van der Waals surface area contributed by atoms with Gasteiger partial charge in [0.1, 0.15) is 5.69 Å². The van der Waals surface area contributed by atoms with Crippen LogP contribution in [0.3, 0.4) is 0 Å². The number of hydrogen-bond donors (Lipinski definition) is 3. The van der Waals surface area contributed by atoms with Gasteiger partial charge in [0.05, 0.1) is 17.4 Å². The van der Waals surface area contributed by atoms with Crippen molar-refractivity contribution in [2.45, 2.75) is 13.5 Å². The van der Waals surface area contributed by atoms with E-state index in [0.29, 0.717) is 0 Å². The predicted octanol–water partition coefficient (Wildman–Crippen LogP) is 4.73. The predicted molar refractivity (Wildman–Crippen MR) is 133 cm³/mol. The Morgan fingerprint density at radius 1 is 0.853 bits per heavy atom. The summed E-state index contributed by atoms with van der Waals surface area (Å²) >= 11 is 0. The van der Waals surface area contributed by atoms with Gasteiger partial charge in [0.2, 0.25) is 0 Å². The van der Waals surface area contributed by atoms with Gasteiger partial charge in [-0.1, -0.05) is 13.0 Å². The van der Waals surface area contributed by atoms with E-state index in [4.69, 9.17) is 0 Å². The van der Waals surface area contributed by atoms with E-state index in [0.717, 1.165) is 74.2 Å². The first kappa shape index (κ1) is 20.2. The summed E-state index contributed by atoms with van der Waals surface area (Å²) in [7, 11) is 0. The number of aromatic nitrogens is 7. The molecule has 3 N–H and O–H groups in total. The number of nitrogens with one attached hydrogen (secondary N) is 3. The van der Waals surface area contributed by atoms with E-state index in [1.165, 1.54) is 0 Å². The van der Waals surface area contributed by atoms with Crippen molar-refractivity contribution < 1.29 is 0 Å². The van der Waals surface area contributed by atoms with Gasteiger partial charge in [-0.25, -0.2) is 4.98 Å². The maximum Gasteiger partial charge on any atom is 0.155 e. The van der Waals surface area contributed by atoms with Crippen LogP contribution in [0.15, 0.2) is 73.7 Å². The first-order valence-corrected chi connectivity index (χ1v) is 11.2. The van der Waals surface area contributed by atoms with Crippen LogP contribution in [-0.4, -0.2) is 41.7 Å². The van der Waals surface area contributed by atoms with E-state index in [-0.39, 0.29) is 0 Å². The van der Waals surface area contributed by atoms with E-state index >= 15 is 0 Å². The highest BCUT2D eigenvalue weighted by molar-refractivity contribution is 6.00. The Bertz CT molecular complexity index is 1600. The van der Waals surface area contributed by atoms with Crippen molar-refractivity contribution in [3.05, 3.63) is 79.3 Å². The molecule has 0 aliphatic heterocycles. The summed E-state index contributed by atoms with van der Waals surface area (Å²) in [6, 6.07) is 10.3. The molecule has 0 fully saturated rings. The fourth-order valence-corrected chi connectivity index (χ4v) is 4.21. The molecule has 0 saturated carbocycles. The maximum absolute atomic E-state index is 4.62. The average molecular weight is 447 g/mol. The van der Waals surface area contributed by atoms with Crippen LogP contribution in [-0.2, 0) is 6.54 Å². The van der Waals surface area contributed by atoms with Gasteiger partial charge in [0, 0.05) is 76.8 Å². The number of pyridine rings is 4. The summed E-state index contributed by atoms with van der Waals surface area (Å²) < 4.78 is 0. The zero-order chi connectivity index (χ0) is 22.9. The number of H-pyrrole nitrogens is 2. The molecule has 6 aromatic rings. The molecule has 0 spiro atoms. The zero-order valence-electron chi connectivity index (χ0n) is 18.6. The minimum absolute atomic E-state index is 0.736. The van der Waals surface area contributed by atoms with Crippen LogP contribution >= 0.6 is 0 Å². The van der Waals surface area contributed by atoms with Crippen molar-refractivity contribution in [2.24, 2.45) is 0 Å². The fourth-order valence-electron chi connectivity index (χ4n) is 4.21. The van der Waals surface area contributed by atoms with E-state index in [1.54, 1.807) is 6.20 Å². The van der Waals surface area contributed by atoms with Crippen molar-refractivity contribution in [3.8, 4) is 33.6 Å². The van der Waals surface area contributed by atoms with Crippen LogP contribution in [0.1, 0.15) is 12.5 Å². The highest BCUT2D eigenvalue weighted by Crippen LogP contribution is 2.34. The van der Waals surface area contributed by atoms with Gasteiger partial charge in [-0.3, -0.25) is 20.1 Å². The van der Waals surface area contributed by atoms with Crippen LogP contribution in [0.4, 0.5) is 0 Å². The molecule has 8 nitrogen and oxygen atoms in total. The lowest BCUT2D eigenvalue weighted by molar-refractivity contribution is 0.724. The fraction of sp³-hybridized carbons (Fsp3) is 0.115. The second-order valence-corrected chi connectivity index (χ2v) is 8.13. The molecule has 6 aromatic heterocycles.